The highest BCUT2D eigenvalue weighted by molar-refractivity contribution is 5.81. The molecular weight excluding hydrogens is 260 g/mol. The SMILES string of the molecule is CC(C#N)C(=O)N1CC(OCc2nc(C3CC3)no2)C1. The first-order valence-electron chi connectivity index (χ1n) is 6.80. The molecule has 106 valence electrons. The van der Waals surface area contributed by atoms with E-state index in [9.17, 15) is 4.79 Å². The fourth-order valence-electron chi connectivity index (χ4n) is 2.08. The van der Waals surface area contributed by atoms with Gasteiger partial charge in [-0.05, 0) is 19.8 Å². The van der Waals surface area contributed by atoms with Gasteiger partial charge in [-0.25, -0.2) is 0 Å². The molecule has 1 aliphatic carbocycles. The smallest absolute Gasteiger partial charge is 0.252 e. The molecule has 1 amide bonds. The summed E-state index contributed by atoms with van der Waals surface area (Å²) in [5, 5.41) is 12.6. The first-order chi connectivity index (χ1) is 9.67. The van der Waals surface area contributed by atoms with Crippen LogP contribution in [-0.2, 0) is 16.1 Å². The predicted octanol–water partition coefficient (Wildman–Crippen LogP) is 0.834. The molecule has 1 unspecified atom stereocenters. The van der Waals surface area contributed by atoms with Crippen molar-refractivity contribution in [2.45, 2.75) is 38.4 Å². The zero-order chi connectivity index (χ0) is 14.1. The molecule has 0 aromatic carbocycles. The molecule has 1 atom stereocenters. The highest BCUT2D eigenvalue weighted by Gasteiger charge is 2.34. The van der Waals surface area contributed by atoms with Crippen molar-refractivity contribution >= 4 is 5.91 Å². The number of hydrogen-bond acceptors (Lipinski definition) is 6. The third-order valence-corrected chi connectivity index (χ3v) is 3.59. The summed E-state index contributed by atoms with van der Waals surface area (Å²) in [4.78, 5) is 17.6. The van der Waals surface area contributed by atoms with Crippen molar-refractivity contribution in [3.63, 3.8) is 0 Å². The van der Waals surface area contributed by atoms with Crippen molar-refractivity contribution in [3.8, 4) is 6.07 Å². The summed E-state index contributed by atoms with van der Waals surface area (Å²) >= 11 is 0. The molecule has 0 N–H and O–H groups in total. The minimum atomic E-state index is -0.590. The van der Waals surface area contributed by atoms with Crippen molar-refractivity contribution in [3.05, 3.63) is 11.7 Å². The first-order valence-corrected chi connectivity index (χ1v) is 6.80. The van der Waals surface area contributed by atoms with Gasteiger partial charge in [0.25, 0.3) is 5.89 Å². The molecule has 7 nitrogen and oxygen atoms in total. The Bertz CT molecular complexity index is 540. The number of ether oxygens (including phenoxy) is 1. The predicted molar refractivity (Wildman–Crippen MR) is 66.2 cm³/mol. The maximum Gasteiger partial charge on any atom is 0.252 e. The zero-order valence-electron chi connectivity index (χ0n) is 11.3. The highest BCUT2D eigenvalue weighted by atomic mass is 16.5. The number of aromatic nitrogens is 2. The molecule has 7 heteroatoms. The van der Waals surface area contributed by atoms with Crippen LogP contribution in [0.1, 0.15) is 37.4 Å². The van der Waals surface area contributed by atoms with E-state index in [2.05, 4.69) is 10.1 Å². The monoisotopic (exact) mass is 276 g/mol. The van der Waals surface area contributed by atoms with E-state index in [4.69, 9.17) is 14.5 Å². The molecule has 0 bridgehead atoms. The van der Waals surface area contributed by atoms with E-state index in [0.717, 1.165) is 18.7 Å². The lowest BCUT2D eigenvalue weighted by Crippen LogP contribution is -2.55. The third-order valence-electron chi connectivity index (χ3n) is 3.59. The van der Waals surface area contributed by atoms with Crippen molar-refractivity contribution in [1.82, 2.24) is 15.0 Å². The molecule has 1 saturated heterocycles. The van der Waals surface area contributed by atoms with Crippen LogP contribution in [0.4, 0.5) is 0 Å². The number of amides is 1. The third kappa shape index (κ3) is 2.65. The molecule has 2 fully saturated rings. The van der Waals surface area contributed by atoms with Gasteiger partial charge in [0.2, 0.25) is 5.91 Å². The lowest BCUT2D eigenvalue weighted by molar-refractivity contribution is -0.148. The van der Waals surface area contributed by atoms with Crippen molar-refractivity contribution < 1.29 is 14.1 Å². The normalized spacial score (nSPS) is 20.3. The Morgan fingerprint density at radius 2 is 2.35 bits per heavy atom. The second-order valence-corrected chi connectivity index (χ2v) is 5.35. The van der Waals surface area contributed by atoms with Crippen LogP contribution in [0, 0.1) is 17.2 Å². The topological polar surface area (TPSA) is 92.2 Å². The van der Waals surface area contributed by atoms with Gasteiger partial charge in [0.15, 0.2) is 5.82 Å². The van der Waals surface area contributed by atoms with Crippen LogP contribution in [0.3, 0.4) is 0 Å². The fraction of sp³-hybridized carbons (Fsp3) is 0.692. The molecule has 20 heavy (non-hydrogen) atoms. The molecule has 0 radical (unpaired) electrons. The fourth-order valence-corrected chi connectivity index (χ4v) is 2.08. The molecule has 1 aromatic heterocycles. The van der Waals surface area contributed by atoms with Gasteiger partial charge in [0.1, 0.15) is 12.5 Å². The van der Waals surface area contributed by atoms with Crippen molar-refractivity contribution in [2.75, 3.05) is 13.1 Å². The Hall–Kier alpha value is -1.94. The number of nitriles is 1. The van der Waals surface area contributed by atoms with E-state index in [1.165, 1.54) is 0 Å². The molecule has 1 saturated carbocycles. The molecule has 2 heterocycles. The van der Waals surface area contributed by atoms with Gasteiger partial charge in [-0.15, -0.1) is 0 Å². The van der Waals surface area contributed by atoms with E-state index in [1.54, 1.807) is 11.8 Å². The maximum absolute atomic E-state index is 11.7. The first kappa shape index (κ1) is 13.1. The number of likely N-dealkylation sites (tertiary alicyclic amines) is 1. The molecule has 3 rings (SSSR count). The zero-order valence-corrected chi connectivity index (χ0v) is 11.3. The Labute approximate surface area is 116 Å². The second kappa shape index (κ2) is 5.21. The van der Waals surface area contributed by atoms with Gasteiger partial charge in [-0.2, -0.15) is 10.2 Å². The summed E-state index contributed by atoms with van der Waals surface area (Å²) in [5.41, 5.74) is 0. The Morgan fingerprint density at radius 1 is 1.60 bits per heavy atom. The molecule has 1 aliphatic heterocycles. The minimum absolute atomic E-state index is 0.0129. The number of hydrogen-bond donors (Lipinski definition) is 0. The average Bonchev–Trinajstić information content (AvgIpc) is 3.15. The van der Waals surface area contributed by atoms with Gasteiger partial charge in [0, 0.05) is 19.0 Å². The standard InChI is InChI=1S/C13H16N4O3/c1-8(4-14)13(18)17-5-10(6-17)19-7-11-15-12(16-20-11)9-2-3-9/h8-10H,2-3,5-7H2,1H3. The Balaban J connectivity index is 1.40. The number of carbonyl (C=O) groups excluding carboxylic acids is 1. The summed E-state index contributed by atoms with van der Waals surface area (Å²) < 4.78 is 10.7. The highest BCUT2D eigenvalue weighted by Crippen LogP contribution is 2.38. The molecular formula is C13H16N4O3. The van der Waals surface area contributed by atoms with Gasteiger partial charge in [-0.3, -0.25) is 4.79 Å². The van der Waals surface area contributed by atoms with Crippen LogP contribution in [0.15, 0.2) is 4.52 Å². The van der Waals surface area contributed by atoms with Gasteiger partial charge < -0.3 is 14.2 Å². The van der Waals surface area contributed by atoms with Crippen molar-refractivity contribution in [1.29, 1.82) is 5.26 Å². The van der Waals surface area contributed by atoms with E-state index in [0.29, 0.717) is 24.9 Å². The minimum Gasteiger partial charge on any atom is -0.365 e. The summed E-state index contributed by atoms with van der Waals surface area (Å²) in [5.74, 6) is 1.00. The van der Waals surface area contributed by atoms with E-state index in [1.807, 2.05) is 6.07 Å². The van der Waals surface area contributed by atoms with Crippen LogP contribution < -0.4 is 0 Å². The molecule has 2 aliphatic rings. The van der Waals surface area contributed by atoms with E-state index < -0.39 is 5.92 Å². The van der Waals surface area contributed by atoms with Crippen LogP contribution in [0.2, 0.25) is 0 Å². The lowest BCUT2D eigenvalue weighted by atomic mass is 10.1. The summed E-state index contributed by atoms with van der Waals surface area (Å²) in [6.45, 7) is 2.93. The van der Waals surface area contributed by atoms with E-state index >= 15 is 0 Å². The van der Waals surface area contributed by atoms with Crippen LogP contribution in [-0.4, -0.2) is 40.1 Å². The maximum atomic E-state index is 11.7. The molecule has 1 aromatic rings. The summed E-state index contributed by atoms with van der Waals surface area (Å²) in [7, 11) is 0. The summed E-state index contributed by atoms with van der Waals surface area (Å²) in [6, 6.07) is 1.94. The largest absolute Gasteiger partial charge is 0.365 e. The quantitative estimate of drug-likeness (QED) is 0.791. The Morgan fingerprint density at radius 3 is 3.00 bits per heavy atom. The number of rotatable bonds is 5. The van der Waals surface area contributed by atoms with Gasteiger partial charge >= 0.3 is 0 Å². The van der Waals surface area contributed by atoms with Crippen LogP contribution >= 0.6 is 0 Å². The Kier molecular flexibility index (Phi) is 3.40. The van der Waals surface area contributed by atoms with Gasteiger partial charge in [-0.1, -0.05) is 5.16 Å². The average molecular weight is 276 g/mol. The number of carbonyl (C=O) groups is 1. The van der Waals surface area contributed by atoms with Crippen LogP contribution in [0.5, 0.6) is 0 Å². The van der Waals surface area contributed by atoms with Crippen molar-refractivity contribution in [2.24, 2.45) is 5.92 Å². The van der Waals surface area contributed by atoms with Gasteiger partial charge in [0.05, 0.1) is 12.2 Å². The van der Waals surface area contributed by atoms with Crippen LogP contribution in [0.25, 0.3) is 0 Å². The second-order valence-electron chi connectivity index (χ2n) is 5.35. The lowest BCUT2D eigenvalue weighted by Gasteiger charge is -2.39. The molecule has 0 spiro atoms. The summed E-state index contributed by atoms with van der Waals surface area (Å²) in [6.07, 6.45) is 2.26. The number of nitrogens with zero attached hydrogens (tertiary/aromatic N) is 4. The van der Waals surface area contributed by atoms with E-state index in [-0.39, 0.29) is 18.6 Å².